The van der Waals surface area contributed by atoms with E-state index < -0.39 is 41.6 Å². The lowest BCUT2D eigenvalue weighted by atomic mass is 9.91. The van der Waals surface area contributed by atoms with Crippen molar-refractivity contribution in [2.24, 2.45) is 5.73 Å². The molecule has 1 fully saturated rings. The van der Waals surface area contributed by atoms with Crippen molar-refractivity contribution in [3.05, 3.63) is 107 Å². The van der Waals surface area contributed by atoms with Crippen molar-refractivity contribution in [2.75, 3.05) is 6.54 Å². The van der Waals surface area contributed by atoms with Gasteiger partial charge in [-0.1, -0.05) is 84.9 Å². The van der Waals surface area contributed by atoms with Crippen molar-refractivity contribution in [3.8, 4) is 0 Å². The van der Waals surface area contributed by atoms with Crippen molar-refractivity contribution in [1.29, 1.82) is 0 Å². The van der Waals surface area contributed by atoms with E-state index in [1.165, 1.54) is 0 Å². The highest BCUT2D eigenvalue weighted by Crippen LogP contribution is 2.29. The number of imide groups is 1. The van der Waals surface area contributed by atoms with E-state index in [2.05, 4.69) is 10.6 Å². The summed E-state index contributed by atoms with van der Waals surface area (Å²) in [5, 5.41) is 12.7. The van der Waals surface area contributed by atoms with Crippen LogP contribution in [0.5, 0.6) is 0 Å². The number of esters is 1. The molecule has 0 radical (unpaired) electrons. The second kappa shape index (κ2) is 15.8. The minimum atomic E-state index is -1.28. The molecule has 0 saturated carbocycles. The van der Waals surface area contributed by atoms with Gasteiger partial charge in [-0.3, -0.25) is 14.5 Å². The molecule has 4 rings (SSSR count). The molecule has 2 unspecified atom stereocenters. The van der Waals surface area contributed by atoms with Gasteiger partial charge in [-0.25, -0.2) is 14.4 Å². The summed E-state index contributed by atoms with van der Waals surface area (Å²) in [6, 6.07) is 23.5. The van der Waals surface area contributed by atoms with E-state index >= 15 is 0 Å². The highest BCUT2D eigenvalue weighted by atomic mass is 16.6. The number of amides is 4. The molecule has 3 aromatic rings. The van der Waals surface area contributed by atoms with Crippen LogP contribution in [-0.2, 0) is 49.2 Å². The summed E-state index contributed by atoms with van der Waals surface area (Å²) in [6.07, 6.45) is -0.900. The molecule has 44 heavy (non-hydrogen) atoms. The number of ether oxygens (including phenoxy) is 2. The van der Waals surface area contributed by atoms with Gasteiger partial charge in [-0.05, 0) is 35.6 Å². The van der Waals surface area contributed by atoms with Gasteiger partial charge in [0, 0.05) is 20.0 Å². The Balaban J connectivity index is 0.00000124. The maximum Gasteiger partial charge on any atom is 0.408 e. The van der Waals surface area contributed by atoms with Crippen LogP contribution in [0.2, 0.25) is 0 Å². The quantitative estimate of drug-likeness (QED) is 0.189. The van der Waals surface area contributed by atoms with Crippen LogP contribution < -0.4 is 16.4 Å². The third-order valence-corrected chi connectivity index (χ3v) is 6.70. The molecule has 1 aliphatic rings. The smallest absolute Gasteiger partial charge is 0.408 e. The molecule has 1 aliphatic heterocycles. The lowest BCUT2D eigenvalue weighted by molar-refractivity contribution is -0.148. The standard InChI is InChI=1S/C30H32N4O6.C2H4O2/c1-30(24-14-12-21(18-31)13-15-24)27(36)34(28(37)33-30)17-16-25(26(35)39-19-22-8-4-2-5-9-22)32-29(38)40-20-23-10-6-3-7-11-23;1-2(3)4/h2-15,25H,16-20,31H2,1H3,(H,32,38)(H,33,37);1H3,(H,3,4). The molecule has 0 aliphatic carbocycles. The number of nitrogens with two attached hydrogens (primary N) is 1. The zero-order valence-electron chi connectivity index (χ0n) is 24.5. The monoisotopic (exact) mass is 604 g/mol. The predicted molar refractivity (Wildman–Crippen MR) is 160 cm³/mol. The van der Waals surface area contributed by atoms with E-state index in [-0.39, 0.29) is 26.2 Å². The number of alkyl carbamates (subject to hydrolysis) is 1. The SMILES string of the molecule is CC(=O)O.CC1(c2ccc(CN)cc2)NC(=O)N(CCC(NC(=O)OCc2ccccc2)C(=O)OCc2ccccc2)C1=O. The Morgan fingerprint density at radius 3 is 1.93 bits per heavy atom. The third kappa shape index (κ3) is 9.39. The van der Waals surface area contributed by atoms with Gasteiger partial charge in [-0.2, -0.15) is 0 Å². The molecule has 1 saturated heterocycles. The highest BCUT2D eigenvalue weighted by Gasteiger charge is 2.49. The number of hydrogen-bond donors (Lipinski definition) is 4. The number of aliphatic carboxylic acids is 1. The Bertz CT molecular complexity index is 1430. The van der Waals surface area contributed by atoms with Gasteiger partial charge in [0.05, 0.1) is 0 Å². The minimum Gasteiger partial charge on any atom is -0.481 e. The number of nitrogens with zero attached hydrogens (tertiary/aromatic N) is 1. The fraction of sp³-hybridized carbons (Fsp3) is 0.281. The number of carboxylic acid groups (broad SMARTS) is 1. The molecule has 232 valence electrons. The number of rotatable bonds is 11. The first-order chi connectivity index (χ1) is 21.0. The van der Waals surface area contributed by atoms with Gasteiger partial charge in [0.1, 0.15) is 24.8 Å². The first kappa shape index (κ1) is 33.3. The lowest BCUT2D eigenvalue weighted by Gasteiger charge is -2.23. The van der Waals surface area contributed by atoms with Crippen LogP contribution in [0.3, 0.4) is 0 Å². The molecule has 12 nitrogen and oxygen atoms in total. The second-order valence-electron chi connectivity index (χ2n) is 10.1. The largest absolute Gasteiger partial charge is 0.481 e. The van der Waals surface area contributed by atoms with E-state index in [9.17, 15) is 19.2 Å². The zero-order chi connectivity index (χ0) is 32.1. The molecule has 0 aromatic heterocycles. The number of carbonyl (C=O) groups is 5. The summed E-state index contributed by atoms with van der Waals surface area (Å²) < 4.78 is 10.7. The summed E-state index contributed by atoms with van der Waals surface area (Å²) in [7, 11) is 0. The zero-order valence-corrected chi connectivity index (χ0v) is 24.5. The van der Waals surface area contributed by atoms with Crippen molar-refractivity contribution < 1.29 is 38.6 Å². The molecule has 0 spiro atoms. The van der Waals surface area contributed by atoms with E-state index in [0.717, 1.165) is 28.5 Å². The Morgan fingerprint density at radius 1 is 0.886 bits per heavy atom. The van der Waals surface area contributed by atoms with Crippen LogP contribution in [-0.4, -0.2) is 52.6 Å². The molecule has 4 amide bonds. The van der Waals surface area contributed by atoms with Crippen LogP contribution in [0.15, 0.2) is 84.9 Å². The number of hydrogen-bond acceptors (Lipinski definition) is 8. The van der Waals surface area contributed by atoms with Crippen LogP contribution in [0, 0.1) is 0 Å². The fourth-order valence-corrected chi connectivity index (χ4v) is 4.31. The first-order valence-electron chi connectivity index (χ1n) is 13.8. The average Bonchev–Trinajstić information content (AvgIpc) is 3.25. The Labute approximate surface area is 255 Å². The number of nitrogens with one attached hydrogen (secondary N) is 2. The maximum atomic E-state index is 13.4. The van der Waals surface area contributed by atoms with Crippen molar-refractivity contribution in [1.82, 2.24) is 15.5 Å². The van der Waals surface area contributed by atoms with Gasteiger partial charge in [0.2, 0.25) is 0 Å². The average molecular weight is 605 g/mol. The van der Waals surface area contributed by atoms with E-state index in [1.54, 1.807) is 55.5 Å². The number of carboxylic acids is 1. The van der Waals surface area contributed by atoms with Gasteiger partial charge >= 0.3 is 18.1 Å². The van der Waals surface area contributed by atoms with Gasteiger partial charge in [0.15, 0.2) is 0 Å². The minimum absolute atomic E-state index is 0.00306. The molecular formula is C32H36N4O8. The summed E-state index contributed by atoms with van der Waals surface area (Å²) in [5.74, 6) is -2.02. The summed E-state index contributed by atoms with van der Waals surface area (Å²) in [5.41, 5.74) is 7.43. The molecule has 0 bridgehead atoms. The van der Waals surface area contributed by atoms with Crippen LogP contribution >= 0.6 is 0 Å². The number of benzene rings is 3. The van der Waals surface area contributed by atoms with E-state index in [1.807, 2.05) is 36.4 Å². The summed E-state index contributed by atoms with van der Waals surface area (Å²) >= 11 is 0. The van der Waals surface area contributed by atoms with Gasteiger partial charge < -0.3 is 30.9 Å². The second-order valence-corrected chi connectivity index (χ2v) is 10.1. The molecule has 12 heteroatoms. The first-order valence-corrected chi connectivity index (χ1v) is 13.8. The summed E-state index contributed by atoms with van der Waals surface area (Å²) in [4.78, 5) is 61.8. The number of urea groups is 1. The highest BCUT2D eigenvalue weighted by molar-refractivity contribution is 6.07. The molecule has 3 aromatic carbocycles. The van der Waals surface area contributed by atoms with Crippen LogP contribution in [0.4, 0.5) is 9.59 Å². The van der Waals surface area contributed by atoms with Crippen molar-refractivity contribution >= 4 is 30.0 Å². The fourth-order valence-electron chi connectivity index (χ4n) is 4.31. The molecular weight excluding hydrogens is 568 g/mol. The Morgan fingerprint density at radius 2 is 1.41 bits per heavy atom. The summed E-state index contributed by atoms with van der Waals surface area (Å²) in [6.45, 7) is 2.93. The Kier molecular flexibility index (Phi) is 12.0. The lowest BCUT2D eigenvalue weighted by Crippen LogP contribution is -2.45. The van der Waals surface area contributed by atoms with E-state index in [4.69, 9.17) is 25.1 Å². The third-order valence-electron chi connectivity index (χ3n) is 6.70. The normalized spacial score (nSPS) is 16.2. The van der Waals surface area contributed by atoms with Crippen molar-refractivity contribution in [2.45, 2.75) is 51.6 Å². The predicted octanol–water partition coefficient (Wildman–Crippen LogP) is 3.43. The maximum absolute atomic E-state index is 13.4. The molecule has 2 atom stereocenters. The van der Waals surface area contributed by atoms with Gasteiger partial charge in [-0.15, -0.1) is 0 Å². The van der Waals surface area contributed by atoms with Gasteiger partial charge in [0.25, 0.3) is 11.9 Å². The molecule has 5 N–H and O–H groups in total. The van der Waals surface area contributed by atoms with Crippen molar-refractivity contribution in [3.63, 3.8) is 0 Å². The van der Waals surface area contributed by atoms with Crippen LogP contribution in [0.1, 0.15) is 42.5 Å². The topological polar surface area (TPSA) is 177 Å². The van der Waals surface area contributed by atoms with E-state index in [0.29, 0.717) is 12.1 Å². The Hall–Kier alpha value is -5.23. The van der Waals surface area contributed by atoms with Crippen LogP contribution in [0.25, 0.3) is 0 Å². The molecule has 1 heterocycles. The number of carbonyl (C=O) groups excluding carboxylic acids is 4.